The second-order valence-electron chi connectivity index (χ2n) is 2.07. The smallest absolute Gasteiger partial charge is 0.255 e. The van der Waals surface area contributed by atoms with E-state index in [1.807, 2.05) is 6.92 Å². The summed E-state index contributed by atoms with van der Waals surface area (Å²) in [5.41, 5.74) is 1.26. The second-order valence-corrected chi connectivity index (χ2v) is 3.16. The molecule has 0 atom stereocenters. The lowest BCUT2D eigenvalue weighted by Gasteiger charge is -2.00. The van der Waals surface area contributed by atoms with Gasteiger partial charge in [0.25, 0.3) is 5.24 Å². The van der Waals surface area contributed by atoms with Crippen molar-refractivity contribution < 1.29 is 4.79 Å². The minimum Gasteiger partial charge on any atom is -0.275 e. The third kappa shape index (κ3) is 1.79. The van der Waals surface area contributed by atoms with Crippen LogP contribution in [0.2, 0.25) is 0 Å². The first-order chi connectivity index (χ1) is 5.13. The number of aromatic nitrogens is 1. The number of nitrogens with zero attached hydrogens (tertiary/aromatic N) is 1. The van der Waals surface area contributed by atoms with Gasteiger partial charge in [-0.1, -0.05) is 0 Å². The predicted octanol–water partition coefficient (Wildman–Crippen LogP) is 2.53. The van der Waals surface area contributed by atoms with E-state index in [1.54, 1.807) is 12.3 Å². The van der Waals surface area contributed by atoms with E-state index in [9.17, 15) is 4.79 Å². The van der Waals surface area contributed by atoms with Crippen LogP contribution < -0.4 is 0 Å². The Hall–Kier alpha value is -0.410. The molecule has 0 bridgehead atoms. The zero-order chi connectivity index (χ0) is 8.43. The molecule has 0 saturated heterocycles. The lowest BCUT2D eigenvalue weighted by atomic mass is 10.2. The Kier molecular flexibility index (Phi) is 2.62. The average molecular weight is 234 g/mol. The molecule has 0 aliphatic heterocycles. The summed E-state index contributed by atoms with van der Waals surface area (Å²) >= 11 is 8.44. The van der Waals surface area contributed by atoms with Gasteiger partial charge in [0.2, 0.25) is 0 Å². The third-order valence-electron chi connectivity index (χ3n) is 1.31. The summed E-state index contributed by atoms with van der Waals surface area (Å²) in [6.45, 7) is 1.81. The van der Waals surface area contributed by atoms with Gasteiger partial charge in [-0.25, -0.2) is 4.98 Å². The fourth-order valence-electron chi connectivity index (χ4n) is 0.761. The van der Waals surface area contributed by atoms with Gasteiger partial charge in [0.15, 0.2) is 0 Å². The summed E-state index contributed by atoms with van der Waals surface area (Å²) in [6, 6.07) is 1.74. The topological polar surface area (TPSA) is 30.0 Å². The van der Waals surface area contributed by atoms with E-state index >= 15 is 0 Å². The molecule has 0 saturated carbocycles. The highest BCUT2D eigenvalue weighted by molar-refractivity contribution is 9.10. The van der Waals surface area contributed by atoms with E-state index in [1.165, 1.54) is 0 Å². The maximum Gasteiger partial charge on any atom is 0.255 e. The van der Waals surface area contributed by atoms with Gasteiger partial charge in [0.1, 0.15) is 4.60 Å². The standard InChI is InChI=1S/C7H5BrClNO/c1-4-2-3-10-6(8)5(4)7(9)11/h2-3H,1H3. The van der Waals surface area contributed by atoms with Crippen molar-refractivity contribution in [2.75, 3.05) is 0 Å². The van der Waals surface area contributed by atoms with Gasteiger partial charge in [-0.15, -0.1) is 0 Å². The molecule has 0 fully saturated rings. The molecule has 1 heterocycles. The molecule has 11 heavy (non-hydrogen) atoms. The summed E-state index contributed by atoms with van der Waals surface area (Å²) < 4.78 is 0.498. The molecular formula is C7H5BrClNO. The molecule has 1 rings (SSSR count). The maximum absolute atomic E-state index is 10.8. The van der Waals surface area contributed by atoms with Crippen LogP contribution >= 0.6 is 27.5 Å². The number of aryl methyl sites for hydroxylation is 1. The van der Waals surface area contributed by atoms with Crippen LogP contribution in [0.15, 0.2) is 16.9 Å². The molecule has 0 aliphatic rings. The van der Waals surface area contributed by atoms with Crippen molar-refractivity contribution in [3.63, 3.8) is 0 Å². The van der Waals surface area contributed by atoms with Crippen molar-refractivity contribution in [2.24, 2.45) is 0 Å². The Morgan fingerprint density at radius 2 is 2.36 bits per heavy atom. The zero-order valence-electron chi connectivity index (χ0n) is 5.77. The highest BCUT2D eigenvalue weighted by atomic mass is 79.9. The number of halogens is 2. The highest BCUT2D eigenvalue weighted by Crippen LogP contribution is 2.18. The second kappa shape index (κ2) is 3.32. The summed E-state index contributed by atoms with van der Waals surface area (Å²) in [7, 11) is 0. The number of carbonyl (C=O) groups excluding carboxylic acids is 1. The lowest BCUT2D eigenvalue weighted by molar-refractivity contribution is 0.108. The van der Waals surface area contributed by atoms with Crippen LogP contribution in [0.1, 0.15) is 15.9 Å². The van der Waals surface area contributed by atoms with E-state index in [0.717, 1.165) is 5.56 Å². The number of hydrogen-bond acceptors (Lipinski definition) is 2. The van der Waals surface area contributed by atoms with Gasteiger partial charge in [-0.3, -0.25) is 4.79 Å². The van der Waals surface area contributed by atoms with Crippen molar-refractivity contribution in [1.29, 1.82) is 0 Å². The van der Waals surface area contributed by atoms with Crippen LogP contribution in [-0.4, -0.2) is 10.2 Å². The Labute approximate surface area is 77.7 Å². The van der Waals surface area contributed by atoms with Crippen LogP contribution in [0.25, 0.3) is 0 Å². The summed E-state index contributed by atoms with van der Waals surface area (Å²) in [5.74, 6) is 0. The largest absolute Gasteiger partial charge is 0.275 e. The Bertz CT molecular complexity index is 280. The van der Waals surface area contributed by atoms with Crippen molar-refractivity contribution in [3.05, 3.63) is 28.0 Å². The van der Waals surface area contributed by atoms with Gasteiger partial charge < -0.3 is 0 Å². The van der Waals surface area contributed by atoms with Crippen LogP contribution in [0.3, 0.4) is 0 Å². The Morgan fingerprint density at radius 1 is 1.73 bits per heavy atom. The number of rotatable bonds is 1. The molecule has 0 aromatic carbocycles. The SMILES string of the molecule is Cc1ccnc(Br)c1C(=O)Cl. The minimum absolute atomic E-state index is 0.439. The number of hydrogen-bond donors (Lipinski definition) is 0. The van der Waals surface area contributed by atoms with Gasteiger partial charge in [-0.2, -0.15) is 0 Å². The fourth-order valence-corrected chi connectivity index (χ4v) is 1.72. The van der Waals surface area contributed by atoms with Crippen LogP contribution in [0, 0.1) is 6.92 Å². The molecule has 0 spiro atoms. The van der Waals surface area contributed by atoms with Gasteiger partial charge in [-0.05, 0) is 46.1 Å². The van der Waals surface area contributed by atoms with Gasteiger partial charge in [0.05, 0.1) is 5.56 Å². The van der Waals surface area contributed by atoms with Gasteiger partial charge in [0, 0.05) is 6.20 Å². The number of carbonyl (C=O) groups is 1. The normalized spacial score (nSPS) is 9.73. The quantitative estimate of drug-likeness (QED) is 0.552. The summed E-state index contributed by atoms with van der Waals surface area (Å²) in [4.78, 5) is 14.7. The van der Waals surface area contributed by atoms with E-state index in [4.69, 9.17) is 11.6 Å². The minimum atomic E-state index is -0.484. The Balaban J connectivity index is 3.32. The molecule has 0 aliphatic carbocycles. The molecule has 0 amide bonds. The monoisotopic (exact) mass is 233 g/mol. The van der Waals surface area contributed by atoms with E-state index in [-0.39, 0.29) is 0 Å². The van der Waals surface area contributed by atoms with Crippen molar-refractivity contribution >= 4 is 32.8 Å². The van der Waals surface area contributed by atoms with E-state index < -0.39 is 5.24 Å². The molecular weight excluding hydrogens is 229 g/mol. The molecule has 0 N–H and O–H groups in total. The van der Waals surface area contributed by atoms with Gasteiger partial charge >= 0.3 is 0 Å². The van der Waals surface area contributed by atoms with Crippen molar-refractivity contribution in [3.8, 4) is 0 Å². The fraction of sp³-hybridized carbons (Fsp3) is 0.143. The van der Waals surface area contributed by atoms with Crippen molar-refractivity contribution in [1.82, 2.24) is 4.98 Å². The number of pyridine rings is 1. The summed E-state index contributed by atoms with van der Waals surface area (Å²) in [5, 5.41) is -0.484. The zero-order valence-corrected chi connectivity index (χ0v) is 8.11. The maximum atomic E-state index is 10.8. The molecule has 4 heteroatoms. The Morgan fingerprint density at radius 3 is 2.73 bits per heavy atom. The predicted molar refractivity (Wildman–Crippen MR) is 46.9 cm³/mol. The third-order valence-corrected chi connectivity index (χ3v) is 2.10. The summed E-state index contributed by atoms with van der Waals surface area (Å²) in [6.07, 6.45) is 1.61. The first kappa shape index (κ1) is 8.68. The average Bonchev–Trinajstić information content (AvgIpc) is 1.85. The lowest BCUT2D eigenvalue weighted by Crippen LogP contribution is -1.96. The van der Waals surface area contributed by atoms with E-state index in [0.29, 0.717) is 10.2 Å². The molecule has 58 valence electrons. The molecule has 1 aromatic heterocycles. The first-order valence-corrected chi connectivity index (χ1v) is 4.11. The highest BCUT2D eigenvalue weighted by Gasteiger charge is 2.10. The molecule has 2 nitrogen and oxygen atoms in total. The molecule has 1 aromatic rings. The van der Waals surface area contributed by atoms with Crippen LogP contribution in [-0.2, 0) is 0 Å². The van der Waals surface area contributed by atoms with E-state index in [2.05, 4.69) is 20.9 Å². The van der Waals surface area contributed by atoms with Crippen molar-refractivity contribution in [2.45, 2.75) is 6.92 Å². The van der Waals surface area contributed by atoms with Crippen LogP contribution in [0.4, 0.5) is 0 Å². The first-order valence-electron chi connectivity index (χ1n) is 2.94. The van der Waals surface area contributed by atoms with Crippen LogP contribution in [0.5, 0.6) is 0 Å². The molecule has 0 radical (unpaired) electrons. The molecule has 0 unspecified atom stereocenters.